The van der Waals surface area contributed by atoms with Crippen molar-refractivity contribution in [2.75, 3.05) is 26.7 Å². The number of rotatable bonds is 5. The summed E-state index contributed by atoms with van der Waals surface area (Å²) >= 11 is 0. The van der Waals surface area contributed by atoms with Crippen LogP contribution in [-0.2, 0) is 16.6 Å². The molecule has 24 heavy (non-hydrogen) atoms. The number of amides is 1. The van der Waals surface area contributed by atoms with E-state index in [9.17, 15) is 4.79 Å². The van der Waals surface area contributed by atoms with Crippen molar-refractivity contribution >= 4 is 5.91 Å². The summed E-state index contributed by atoms with van der Waals surface area (Å²) in [6.07, 6.45) is 7.69. The van der Waals surface area contributed by atoms with Gasteiger partial charge < -0.3 is 14.7 Å². The van der Waals surface area contributed by atoms with E-state index in [1.807, 2.05) is 0 Å². The zero-order chi connectivity index (χ0) is 17.7. The van der Waals surface area contributed by atoms with Gasteiger partial charge in [-0.1, -0.05) is 31.8 Å². The maximum Gasteiger partial charge on any atom is 0.223 e. The molecule has 2 unspecified atom stereocenters. The summed E-state index contributed by atoms with van der Waals surface area (Å²) in [6, 6.07) is 2.05. The Morgan fingerprint density at radius 3 is 2.88 bits per heavy atom. The Morgan fingerprint density at radius 2 is 2.25 bits per heavy atom. The smallest absolute Gasteiger partial charge is 0.223 e. The van der Waals surface area contributed by atoms with Crippen LogP contribution in [0.1, 0.15) is 45.1 Å². The number of terminal acetylenes is 1. The largest absolute Gasteiger partial charge is 0.361 e. The Hall–Kier alpha value is -1.80. The number of carbonyl (C=O) groups excluding carboxylic acids is 1. The highest BCUT2D eigenvalue weighted by Crippen LogP contribution is 2.28. The first-order valence-corrected chi connectivity index (χ1v) is 8.65. The van der Waals surface area contributed by atoms with Crippen molar-refractivity contribution in [1.29, 1.82) is 0 Å². The summed E-state index contributed by atoms with van der Waals surface area (Å²) in [5.74, 6) is 4.30. The summed E-state index contributed by atoms with van der Waals surface area (Å²) in [6.45, 7) is 8.58. The molecule has 1 aromatic rings. The monoisotopic (exact) mass is 331 g/mol. The van der Waals surface area contributed by atoms with E-state index < -0.39 is 0 Å². The third-order valence-electron chi connectivity index (χ3n) is 4.73. The minimum absolute atomic E-state index is 0.0383. The van der Waals surface area contributed by atoms with Gasteiger partial charge in [-0.3, -0.25) is 4.79 Å². The molecule has 1 amide bonds. The van der Waals surface area contributed by atoms with Crippen LogP contribution in [0, 0.1) is 24.2 Å². The van der Waals surface area contributed by atoms with Crippen molar-refractivity contribution in [2.45, 2.75) is 45.4 Å². The van der Waals surface area contributed by atoms with Gasteiger partial charge in [0.1, 0.15) is 5.76 Å². The number of nitrogens with zero attached hydrogens (tertiary/aromatic N) is 2. The Morgan fingerprint density at radius 1 is 1.50 bits per heavy atom. The molecular weight excluding hydrogens is 302 g/mol. The summed E-state index contributed by atoms with van der Waals surface area (Å²) in [4.78, 5) is 13.9. The second kappa shape index (κ2) is 7.85. The van der Waals surface area contributed by atoms with Gasteiger partial charge in [0, 0.05) is 24.9 Å². The van der Waals surface area contributed by atoms with Crippen LogP contribution in [-0.4, -0.2) is 42.6 Å². The van der Waals surface area contributed by atoms with E-state index >= 15 is 0 Å². The first kappa shape index (κ1) is 18.5. The van der Waals surface area contributed by atoms with Gasteiger partial charge >= 0.3 is 0 Å². The number of aromatic nitrogens is 1. The molecule has 0 bridgehead atoms. The Balaban J connectivity index is 2.00. The minimum atomic E-state index is -0.0383. The van der Waals surface area contributed by atoms with Gasteiger partial charge in [-0.05, 0) is 37.8 Å². The van der Waals surface area contributed by atoms with Gasteiger partial charge in [-0.15, -0.1) is 6.42 Å². The number of hydrogen-bond acceptors (Lipinski definition) is 4. The SMILES string of the molecule is C#CCN(C)C(=O)CC1CCNCC1Cc1cc(C(C)(C)C)on1. The fourth-order valence-electron chi connectivity index (χ4n) is 3.12. The topological polar surface area (TPSA) is 58.4 Å². The Bertz CT molecular complexity index is 594. The molecule has 1 saturated heterocycles. The highest BCUT2D eigenvalue weighted by Gasteiger charge is 2.29. The molecule has 5 nitrogen and oxygen atoms in total. The molecule has 0 aliphatic carbocycles. The van der Waals surface area contributed by atoms with Crippen LogP contribution in [0.3, 0.4) is 0 Å². The van der Waals surface area contributed by atoms with E-state index in [2.05, 4.69) is 43.2 Å². The Labute approximate surface area is 145 Å². The molecule has 0 aromatic carbocycles. The highest BCUT2D eigenvalue weighted by molar-refractivity contribution is 5.76. The van der Waals surface area contributed by atoms with E-state index in [1.54, 1.807) is 11.9 Å². The standard InChI is InChI=1S/C19H29N3O2/c1-6-9-22(5)18(23)11-14-7-8-20-13-15(14)10-16-12-17(24-21-16)19(2,3)4/h1,12,14-15,20H,7-11,13H2,2-5H3. The van der Waals surface area contributed by atoms with E-state index in [1.165, 1.54) is 0 Å². The first-order valence-electron chi connectivity index (χ1n) is 8.65. The van der Waals surface area contributed by atoms with Crippen molar-refractivity contribution in [3.8, 4) is 12.3 Å². The maximum atomic E-state index is 12.3. The van der Waals surface area contributed by atoms with Crippen LogP contribution >= 0.6 is 0 Å². The lowest BCUT2D eigenvalue weighted by molar-refractivity contribution is -0.131. The lowest BCUT2D eigenvalue weighted by Crippen LogP contribution is -2.40. The lowest BCUT2D eigenvalue weighted by atomic mass is 9.80. The average Bonchev–Trinajstić information content (AvgIpc) is 2.98. The molecule has 132 valence electrons. The second-order valence-corrected chi connectivity index (χ2v) is 7.81. The zero-order valence-electron chi connectivity index (χ0n) is 15.3. The van der Waals surface area contributed by atoms with Crippen LogP contribution in [0.25, 0.3) is 0 Å². The number of nitrogens with one attached hydrogen (secondary N) is 1. The summed E-state index contributed by atoms with van der Waals surface area (Å²) < 4.78 is 5.49. The van der Waals surface area contributed by atoms with Gasteiger partial charge in [-0.25, -0.2) is 0 Å². The third-order valence-corrected chi connectivity index (χ3v) is 4.73. The normalized spacial score (nSPS) is 21.3. The van der Waals surface area contributed by atoms with Crippen LogP contribution in [0.5, 0.6) is 0 Å². The van der Waals surface area contributed by atoms with Crippen LogP contribution < -0.4 is 5.32 Å². The molecule has 0 saturated carbocycles. The first-order chi connectivity index (χ1) is 11.3. The van der Waals surface area contributed by atoms with E-state index in [0.717, 1.165) is 37.4 Å². The van der Waals surface area contributed by atoms with Crippen molar-refractivity contribution < 1.29 is 9.32 Å². The highest BCUT2D eigenvalue weighted by atomic mass is 16.5. The van der Waals surface area contributed by atoms with E-state index in [4.69, 9.17) is 10.9 Å². The van der Waals surface area contributed by atoms with Crippen LogP contribution in [0.2, 0.25) is 0 Å². The van der Waals surface area contributed by atoms with Gasteiger partial charge in [0.2, 0.25) is 5.91 Å². The van der Waals surface area contributed by atoms with E-state index in [-0.39, 0.29) is 11.3 Å². The third kappa shape index (κ3) is 4.85. The molecule has 2 atom stereocenters. The van der Waals surface area contributed by atoms with Crippen LogP contribution in [0.4, 0.5) is 0 Å². The van der Waals surface area contributed by atoms with Crippen LogP contribution in [0.15, 0.2) is 10.6 Å². The molecule has 1 aliphatic heterocycles. The number of hydrogen-bond donors (Lipinski definition) is 1. The van der Waals surface area contributed by atoms with E-state index in [0.29, 0.717) is 24.8 Å². The molecule has 2 rings (SSSR count). The fraction of sp³-hybridized carbons (Fsp3) is 0.684. The quantitative estimate of drug-likeness (QED) is 0.841. The van der Waals surface area contributed by atoms with Crippen molar-refractivity contribution in [2.24, 2.45) is 11.8 Å². The zero-order valence-corrected chi connectivity index (χ0v) is 15.3. The molecule has 0 radical (unpaired) electrons. The fourth-order valence-corrected chi connectivity index (χ4v) is 3.12. The molecule has 0 spiro atoms. The number of piperidine rings is 1. The average molecular weight is 331 g/mol. The molecule has 2 heterocycles. The predicted molar refractivity (Wildman–Crippen MR) is 94.5 cm³/mol. The second-order valence-electron chi connectivity index (χ2n) is 7.81. The Kier molecular flexibility index (Phi) is 6.06. The summed E-state index contributed by atoms with van der Waals surface area (Å²) in [7, 11) is 1.77. The summed E-state index contributed by atoms with van der Waals surface area (Å²) in [5.41, 5.74) is 0.937. The van der Waals surface area contributed by atoms with Gasteiger partial charge in [-0.2, -0.15) is 0 Å². The maximum absolute atomic E-state index is 12.3. The molecule has 5 heteroatoms. The van der Waals surface area contributed by atoms with Crippen molar-refractivity contribution in [1.82, 2.24) is 15.4 Å². The summed E-state index contributed by atoms with van der Waals surface area (Å²) in [5, 5.41) is 7.66. The molecule has 1 aliphatic rings. The van der Waals surface area contributed by atoms with Gasteiger partial charge in [0.15, 0.2) is 0 Å². The number of carbonyl (C=O) groups is 1. The predicted octanol–water partition coefficient (Wildman–Crippen LogP) is 2.22. The van der Waals surface area contributed by atoms with Gasteiger partial charge in [0.05, 0.1) is 12.2 Å². The molecule has 1 N–H and O–H groups in total. The molecule has 1 aromatic heterocycles. The van der Waals surface area contributed by atoms with Gasteiger partial charge in [0.25, 0.3) is 0 Å². The van der Waals surface area contributed by atoms with Crippen molar-refractivity contribution in [3.05, 3.63) is 17.5 Å². The minimum Gasteiger partial charge on any atom is -0.361 e. The molecule has 1 fully saturated rings. The van der Waals surface area contributed by atoms with Crippen molar-refractivity contribution in [3.63, 3.8) is 0 Å². The molecular formula is C19H29N3O2. The lowest BCUT2D eigenvalue weighted by Gasteiger charge is -2.32.